The number of para-hydroxylation sites is 1. The zero-order valence-corrected chi connectivity index (χ0v) is 12.1. The normalized spacial score (nSPS) is 12.0. The molecule has 0 bridgehead atoms. The maximum atomic E-state index is 11.7. The summed E-state index contributed by atoms with van der Waals surface area (Å²) in [5.41, 5.74) is 0.691. The fourth-order valence-corrected chi connectivity index (χ4v) is 2.02. The lowest BCUT2D eigenvalue weighted by Crippen LogP contribution is -2.32. The topological polar surface area (TPSA) is 71.7 Å². The highest BCUT2D eigenvalue weighted by Gasteiger charge is 2.15. The van der Waals surface area contributed by atoms with Crippen LogP contribution in [0.1, 0.15) is 23.2 Å². The summed E-state index contributed by atoms with van der Waals surface area (Å²) < 4.78 is 10.7. The van der Waals surface area contributed by atoms with Gasteiger partial charge in [0.15, 0.2) is 6.61 Å². The number of aryl methyl sites for hydroxylation is 2. The van der Waals surface area contributed by atoms with E-state index in [0.29, 0.717) is 17.1 Å². The number of furan rings is 1. The van der Waals surface area contributed by atoms with Gasteiger partial charge < -0.3 is 19.6 Å². The van der Waals surface area contributed by atoms with Crippen LogP contribution in [0.15, 0.2) is 40.8 Å². The number of rotatable bonds is 6. The van der Waals surface area contributed by atoms with Gasteiger partial charge in [0.05, 0.1) is 6.10 Å². The number of aliphatic hydroxyl groups is 1. The van der Waals surface area contributed by atoms with Gasteiger partial charge in [-0.25, -0.2) is 0 Å². The van der Waals surface area contributed by atoms with E-state index < -0.39 is 6.10 Å². The van der Waals surface area contributed by atoms with Crippen molar-refractivity contribution in [3.63, 3.8) is 0 Å². The highest BCUT2D eigenvalue weighted by molar-refractivity contribution is 5.77. The van der Waals surface area contributed by atoms with Gasteiger partial charge in [0.25, 0.3) is 5.91 Å². The summed E-state index contributed by atoms with van der Waals surface area (Å²) in [5, 5.41) is 12.7. The second-order valence-corrected chi connectivity index (χ2v) is 4.79. The Morgan fingerprint density at radius 3 is 2.67 bits per heavy atom. The molecule has 1 unspecified atom stereocenters. The molecule has 1 aromatic carbocycles. The molecule has 5 heteroatoms. The molecule has 2 aromatic rings. The third-order valence-corrected chi connectivity index (χ3v) is 3.04. The van der Waals surface area contributed by atoms with Crippen molar-refractivity contribution in [2.24, 2.45) is 0 Å². The average molecular weight is 289 g/mol. The SMILES string of the molecule is Cc1cc(C(O)CNC(=O)COc2ccccc2)c(C)o1. The minimum absolute atomic E-state index is 0.0832. The molecule has 0 fully saturated rings. The molecule has 0 radical (unpaired) electrons. The number of carbonyl (C=O) groups excluding carboxylic acids is 1. The number of hydrogen-bond donors (Lipinski definition) is 2. The summed E-state index contributed by atoms with van der Waals surface area (Å²) in [4.78, 5) is 11.7. The Labute approximate surface area is 123 Å². The third-order valence-electron chi connectivity index (χ3n) is 3.04. The monoisotopic (exact) mass is 289 g/mol. The summed E-state index contributed by atoms with van der Waals surface area (Å²) in [6, 6.07) is 10.9. The van der Waals surface area contributed by atoms with Crippen molar-refractivity contribution in [2.75, 3.05) is 13.2 Å². The van der Waals surface area contributed by atoms with Crippen LogP contribution in [0.25, 0.3) is 0 Å². The van der Waals surface area contributed by atoms with E-state index in [1.165, 1.54) is 0 Å². The first-order chi connectivity index (χ1) is 10.1. The van der Waals surface area contributed by atoms with Crippen LogP contribution >= 0.6 is 0 Å². The lowest BCUT2D eigenvalue weighted by molar-refractivity contribution is -0.123. The Bertz CT molecular complexity index is 592. The smallest absolute Gasteiger partial charge is 0.258 e. The highest BCUT2D eigenvalue weighted by atomic mass is 16.5. The highest BCUT2D eigenvalue weighted by Crippen LogP contribution is 2.20. The Morgan fingerprint density at radius 1 is 1.33 bits per heavy atom. The standard InChI is InChI=1S/C16H19NO4/c1-11-8-14(12(2)21-11)15(18)9-17-16(19)10-20-13-6-4-3-5-7-13/h3-8,15,18H,9-10H2,1-2H3,(H,17,19). The number of carbonyl (C=O) groups is 1. The van der Waals surface area contributed by atoms with Crippen molar-refractivity contribution >= 4 is 5.91 Å². The molecular weight excluding hydrogens is 270 g/mol. The van der Waals surface area contributed by atoms with Gasteiger partial charge >= 0.3 is 0 Å². The van der Waals surface area contributed by atoms with Crippen molar-refractivity contribution < 1.29 is 19.1 Å². The molecule has 0 saturated carbocycles. The first kappa shape index (κ1) is 15.1. The predicted octanol–water partition coefficient (Wildman–Crippen LogP) is 2.13. The van der Waals surface area contributed by atoms with E-state index in [9.17, 15) is 9.90 Å². The molecule has 0 aliphatic carbocycles. The van der Waals surface area contributed by atoms with Gasteiger partial charge in [-0.05, 0) is 32.0 Å². The number of aliphatic hydroxyl groups excluding tert-OH is 1. The number of hydrogen-bond acceptors (Lipinski definition) is 4. The molecule has 21 heavy (non-hydrogen) atoms. The lowest BCUT2D eigenvalue weighted by Gasteiger charge is -2.11. The first-order valence-corrected chi connectivity index (χ1v) is 6.76. The summed E-state index contributed by atoms with van der Waals surface area (Å²) in [6.07, 6.45) is -0.789. The van der Waals surface area contributed by atoms with E-state index in [0.717, 1.165) is 5.76 Å². The Balaban J connectivity index is 1.77. The van der Waals surface area contributed by atoms with E-state index in [1.54, 1.807) is 25.1 Å². The molecule has 2 rings (SSSR count). The molecule has 0 spiro atoms. The van der Waals surface area contributed by atoms with Crippen LogP contribution in [0.4, 0.5) is 0 Å². The van der Waals surface area contributed by atoms with Gasteiger partial charge in [0, 0.05) is 12.1 Å². The average Bonchev–Trinajstić information content (AvgIpc) is 2.82. The molecule has 1 aromatic heterocycles. The Hall–Kier alpha value is -2.27. The number of ether oxygens (including phenoxy) is 1. The minimum Gasteiger partial charge on any atom is -0.484 e. The van der Waals surface area contributed by atoms with E-state index in [4.69, 9.17) is 9.15 Å². The quantitative estimate of drug-likeness (QED) is 0.854. The molecule has 0 aliphatic rings. The van der Waals surface area contributed by atoms with E-state index in [-0.39, 0.29) is 19.1 Å². The van der Waals surface area contributed by atoms with Crippen LogP contribution in [0.2, 0.25) is 0 Å². The van der Waals surface area contributed by atoms with Crippen molar-refractivity contribution in [1.29, 1.82) is 0 Å². The number of benzene rings is 1. The van der Waals surface area contributed by atoms with Crippen LogP contribution < -0.4 is 10.1 Å². The first-order valence-electron chi connectivity index (χ1n) is 6.76. The lowest BCUT2D eigenvalue weighted by atomic mass is 10.1. The molecule has 1 amide bonds. The summed E-state index contributed by atoms with van der Waals surface area (Å²) in [6.45, 7) is 3.64. The van der Waals surface area contributed by atoms with Gasteiger partial charge in [0.1, 0.15) is 17.3 Å². The fraction of sp³-hybridized carbons (Fsp3) is 0.312. The van der Waals surface area contributed by atoms with Gasteiger partial charge in [-0.1, -0.05) is 18.2 Å². The van der Waals surface area contributed by atoms with E-state index in [2.05, 4.69) is 5.32 Å². The molecule has 1 atom stereocenters. The van der Waals surface area contributed by atoms with Crippen molar-refractivity contribution in [1.82, 2.24) is 5.32 Å². The van der Waals surface area contributed by atoms with Crippen LogP contribution in [0.5, 0.6) is 5.75 Å². The van der Waals surface area contributed by atoms with Crippen LogP contribution in [0.3, 0.4) is 0 Å². The van der Waals surface area contributed by atoms with Crippen molar-refractivity contribution in [2.45, 2.75) is 20.0 Å². The Morgan fingerprint density at radius 2 is 2.05 bits per heavy atom. The van der Waals surface area contributed by atoms with Gasteiger partial charge in [0.2, 0.25) is 0 Å². The van der Waals surface area contributed by atoms with Crippen molar-refractivity contribution in [3.8, 4) is 5.75 Å². The maximum absolute atomic E-state index is 11.7. The molecule has 1 heterocycles. The van der Waals surface area contributed by atoms with Crippen LogP contribution in [-0.4, -0.2) is 24.2 Å². The summed E-state index contributed by atoms with van der Waals surface area (Å²) >= 11 is 0. The second kappa shape index (κ2) is 6.95. The summed E-state index contributed by atoms with van der Waals surface area (Å²) in [7, 11) is 0. The van der Waals surface area contributed by atoms with E-state index in [1.807, 2.05) is 25.1 Å². The predicted molar refractivity (Wildman–Crippen MR) is 78.1 cm³/mol. The van der Waals surface area contributed by atoms with Crippen LogP contribution in [-0.2, 0) is 4.79 Å². The second-order valence-electron chi connectivity index (χ2n) is 4.79. The number of nitrogens with one attached hydrogen (secondary N) is 1. The molecule has 5 nitrogen and oxygen atoms in total. The number of amides is 1. The molecule has 0 saturated heterocycles. The van der Waals surface area contributed by atoms with Crippen molar-refractivity contribution in [3.05, 3.63) is 53.5 Å². The minimum atomic E-state index is -0.789. The van der Waals surface area contributed by atoms with Gasteiger partial charge in [-0.3, -0.25) is 4.79 Å². The largest absolute Gasteiger partial charge is 0.484 e. The molecule has 2 N–H and O–H groups in total. The van der Waals surface area contributed by atoms with E-state index >= 15 is 0 Å². The van der Waals surface area contributed by atoms with Crippen LogP contribution in [0, 0.1) is 13.8 Å². The molecule has 0 aliphatic heterocycles. The fourth-order valence-electron chi connectivity index (χ4n) is 2.02. The van der Waals surface area contributed by atoms with Gasteiger partial charge in [-0.2, -0.15) is 0 Å². The summed E-state index contributed by atoms with van der Waals surface area (Å²) in [5.74, 6) is 1.75. The Kier molecular flexibility index (Phi) is 5.00. The third kappa shape index (κ3) is 4.36. The maximum Gasteiger partial charge on any atom is 0.258 e. The molecular formula is C16H19NO4. The van der Waals surface area contributed by atoms with Gasteiger partial charge in [-0.15, -0.1) is 0 Å². The zero-order chi connectivity index (χ0) is 15.2. The zero-order valence-electron chi connectivity index (χ0n) is 12.1. The molecule has 112 valence electrons.